The van der Waals surface area contributed by atoms with Gasteiger partial charge >= 0.3 is 12.1 Å². The van der Waals surface area contributed by atoms with Crippen molar-refractivity contribution < 1.29 is 37.4 Å². The normalized spacial score (nSPS) is 11.3. The van der Waals surface area contributed by atoms with Gasteiger partial charge in [-0.3, -0.25) is 19.4 Å². The maximum Gasteiger partial charge on any atom is 0.416 e. The Labute approximate surface area is 274 Å². The van der Waals surface area contributed by atoms with Gasteiger partial charge in [0.1, 0.15) is 5.75 Å². The van der Waals surface area contributed by atoms with Crippen LogP contribution in [0.2, 0.25) is 0 Å². The van der Waals surface area contributed by atoms with Crippen LogP contribution in [-0.4, -0.2) is 40.2 Å². The van der Waals surface area contributed by atoms with Crippen LogP contribution in [0, 0.1) is 5.92 Å². The molecule has 0 saturated heterocycles. The molecule has 0 saturated carbocycles. The lowest BCUT2D eigenvalue weighted by molar-refractivity contribution is -0.138. The number of aliphatic carboxylic acids is 1. The second-order valence-corrected chi connectivity index (χ2v) is 12.2. The maximum absolute atomic E-state index is 13.4. The van der Waals surface area contributed by atoms with Crippen molar-refractivity contribution in [2.45, 2.75) is 38.7 Å². The maximum atomic E-state index is 13.4. The molecular weight excluding hydrogens is 631 g/mol. The number of halogens is 3. The lowest BCUT2D eigenvalue weighted by Gasteiger charge is -2.15. The number of carbonyl (C=O) groups is 3. The summed E-state index contributed by atoms with van der Waals surface area (Å²) in [7, 11) is 0. The van der Waals surface area contributed by atoms with Gasteiger partial charge in [-0.05, 0) is 71.6 Å². The van der Waals surface area contributed by atoms with E-state index in [1.165, 1.54) is 42.2 Å². The number of carbonyl (C=O) groups excluding carboxylic acids is 2. The minimum atomic E-state index is -4.49. The average Bonchev–Trinajstić information content (AvgIpc) is 3.05. The molecular formula is C35H34F3N3O5S. The van der Waals surface area contributed by atoms with E-state index in [2.05, 4.69) is 15.6 Å². The SMILES string of the molecule is CC(C)COc1ccc(NC(=O)c2cccc(CSCCC(=O)O)c2)c(-c2cc(C(=O)NCc3cccc(C(F)(F)F)c3)ccn2)c1. The molecule has 8 nitrogen and oxygen atoms in total. The van der Waals surface area contributed by atoms with Crippen LogP contribution in [0.1, 0.15) is 57.7 Å². The first kappa shape index (κ1) is 35.0. The predicted octanol–water partition coefficient (Wildman–Crippen LogP) is 7.69. The molecule has 2 amide bonds. The van der Waals surface area contributed by atoms with Gasteiger partial charge in [-0.1, -0.05) is 38.1 Å². The van der Waals surface area contributed by atoms with Crippen molar-refractivity contribution in [3.63, 3.8) is 0 Å². The number of hydrogen-bond donors (Lipinski definition) is 3. The molecule has 0 aliphatic rings. The van der Waals surface area contributed by atoms with Crippen molar-refractivity contribution in [2.24, 2.45) is 5.92 Å². The number of nitrogens with one attached hydrogen (secondary N) is 2. The molecule has 0 bridgehead atoms. The number of thioether (sulfide) groups is 1. The number of hydrogen-bond acceptors (Lipinski definition) is 6. The molecule has 0 aliphatic carbocycles. The Morgan fingerprint density at radius 3 is 2.40 bits per heavy atom. The highest BCUT2D eigenvalue weighted by atomic mass is 32.2. The van der Waals surface area contributed by atoms with E-state index in [0.717, 1.165) is 17.7 Å². The molecule has 4 aromatic rings. The first-order valence-corrected chi connectivity index (χ1v) is 15.9. The summed E-state index contributed by atoms with van der Waals surface area (Å²) >= 11 is 1.46. The quantitative estimate of drug-likeness (QED) is 0.118. The van der Waals surface area contributed by atoms with Crippen LogP contribution in [0.15, 0.2) is 85.1 Å². The Morgan fingerprint density at radius 2 is 1.66 bits per heavy atom. The summed E-state index contributed by atoms with van der Waals surface area (Å²) in [4.78, 5) is 41.6. The number of carboxylic acid groups (broad SMARTS) is 1. The summed E-state index contributed by atoms with van der Waals surface area (Å²) in [6, 6.07) is 20.0. The summed E-state index contributed by atoms with van der Waals surface area (Å²) in [5, 5.41) is 14.4. The Balaban J connectivity index is 1.55. The zero-order chi connectivity index (χ0) is 34.0. The molecule has 0 radical (unpaired) electrons. The third-order valence-corrected chi connectivity index (χ3v) is 7.78. The van der Waals surface area contributed by atoms with Crippen LogP contribution in [0.4, 0.5) is 18.9 Å². The van der Waals surface area contributed by atoms with Gasteiger partial charge in [-0.25, -0.2) is 0 Å². The fraction of sp³-hybridized carbons (Fsp3) is 0.257. The lowest BCUT2D eigenvalue weighted by atomic mass is 10.0. The number of rotatable bonds is 14. The van der Waals surface area contributed by atoms with E-state index in [1.54, 1.807) is 36.4 Å². The van der Waals surface area contributed by atoms with Gasteiger partial charge in [0.15, 0.2) is 0 Å². The molecule has 0 aliphatic heterocycles. The van der Waals surface area contributed by atoms with Gasteiger partial charge in [0, 0.05) is 40.9 Å². The number of amides is 2. The third-order valence-electron chi connectivity index (χ3n) is 6.75. The Hall–Kier alpha value is -4.84. The van der Waals surface area contributed by atoms with E-state index in [9.17, 15) is 27.6 Å². The molecule has 0 unspecified atom stereocenters. The Bertz CT molecular complexity index is 1730. The number of benzene rings is 3. The Kier molecular flexibility index (Phi) is 12.0. The van der Waals surface area contributed by atoms with E-state index in [1.807, 2.05) is 19.9 Å². The largest absolute Gasteiger partial charge is 0.493 e. The molecule has 3 N–H and O–H groups in total. The van der Waals surface area contributed by atoms with E-state index in [0.29, 0.717) is 51.9 Å². The number of anilines is 1. The molecule has 12 heteroatoms. The highest BCUT2D eigenvalue weighted by Gasteiger charge is 2.30. The van der Waals surface area contributed by atoms with Crippen LogP contribution >= 0.6 is 11.8 Å². The molecule has 0 spiro atoms. The van der Waals surface area contributed by atoms with Crippen LogP contribution < -0.4 is 15.4 Å². The topological polar surface area (TPSA) is 118 Å². The summed E-state index contributed by atoms with van der Waals surface area (Å²) in [5.41, 5.74) is 2.27. The molecule has 1 heterocycles. The second-order valence-electron chi connectivity index (χ2n) is 11.1. The first-order valence-electron chi connectivity index (χ1n) is 14.8. The van der Waals surface area contributed by atoms with Crippen LogP contribution in [0.5, 0.6) is 5.75 Å². The second kappa shape index (κ2) is 16.1. The smallest absolute Gasteiger partial charge is 0.416 e. The highest BCUT2D eigenvalue weighted by molar-refractivity contribution is 7.98. The van der Waals surface area contributed by atoms with E-state index >= 15 is 0 Å². The zero-order valence-electron chi connectivity index (χ0n) is 25.8. The fourth-order valence-electron chi connectivity index (χ4n) is 4.40. The average molecular weight is 666 g/mol. The molecule has 246 valence electrons. The van der Waals surface area contributed by atoms with Crippen molar-refractivity contribution in [2.75, 3.05) is 17.7 Å². The van der Waals surface area contributed by atoms with Gasteiger partial charge in [0.25, 0.3) is 11.8 Å². The van der Waals surface area contributed by atoms with Gasteiger partial charge in [-0.2, -0.15) is 24.9 Å². The number of aromatic nitrogens is 1. The number of pyridine rings is 1. The van der Waals surface area contributed by atoms with Gasteiger partial charge in [0.2, 0.25) is 0 Å². The molecule has 4 rings (SSSR count). The van der Waals surface area contributed by atoms with E-state index in [-0.39, 0.29) is 30.4 Å². The van der Waals surface area contributed by atoms with Crippen molar-refractivity contribution >= 4 is 35.2 Å². The lowest BCUT2D eigenvalue weighted by Crippen LogP contribution is -2.23. The molecule has 1 aromatic heterocycles. The minimum absolute atomic E-state index is 0.0528. The van der Waals surface area contributed by atoms with Crippen LogP contribution in [0.25, 0.3) is 11.3 Å². The van der Waals surface area contributed by atoms with Crippen molar-refractivity contribution in [3.05, 3.63) is 113 Å². The fourth-order valence-corrected chi connectivity index (χ4v) is 5.28. The van der Waals surface area contributed by atoms with Crippen molar-refractivity contribution in [1.29, 1.82) is 0 Å². The molecule has 0 atom stereocenters. The van der Waals surface area contributed by atoms with Gasteiger partial charge < -0.3 is 20.5 Å². The van der Waals surface area contributed by atoms with Crippen LogP contribution in [-0.2, 0) is 23.3 Å². The van der Waals surface area contributed by atoms with Gasteiger partial charge in [-0.15, -0.1) is 0 Å². The summed E-state index contributed by atoms with van der Waals surface area (Å²) in [5.74, 6) is 0.0425. The summed E-state index contributed by atoms with van der Waals surface area (Å²) in [6.45, 7) is 4.36. The van der Waals surface area contributed by atoms with Gasteiger partial charge in [0.05, 0.1) is 30.0 Å². The van der Waals surface area contributed by atoms with Crippen molar-refractivity contribution in [1.82, 2.24) is 10.3 Å². The molecule has 47 heavy (non-hydrogen) atoms. The third kappa shape index (κ3) is 10.6. The number of carboxylic acids is 1. The zero-order valence-corrected chi connectivity index (χ0v) is 26.6. The number of nitrogens with zero attached hydrogens (tertiary/aromatic N) is 1. The Morgan fingerprint density at radius 1 is 0.915 bits per heavy atom. The summed E-state index contributed by atoms with van der Waals surface area (Å²) in [6.07, 6.45) is -3.00. The number of ether oxygens (including phenoxy) is 1. The highest BCUT2D eigenvalue weighted by Crippen LogP contribution is 2.32. The standard InChI is InChI=1S/C35H34F3N3O5S/c1-22(2)20-46-28-9-10-30(41-34(45)25-7-3-6-24(15-25)21-47-14-12-32(42)43)29(18-28)31-17-26(11-13-39-31)33(44)40-19-23-5-4-8-27(16-23)35(36,37)38/h3-11,13,15-18,22H,12,14,19-21H2,1-2H3,(H,40,44)(H,41,45)(H,42,43). The van der Waals surface area contributed by atoms with E-state index < -0.39 is 23.6 Å². The monoisotopic (exact) mass is 665 g/mol. The predicted molar refractivity (Wildman–Crippen MR) is 175 cm³/mol. The molecule has 0 fully saturated rings. The summed E-state index contributed by atoms with van der Waals surface area (Å²) < 4.78 is 45.2. The van der Waals surface area contributed by atoms with Crippen LogP contribution in [0.3, 0.4) is 0 Å². The molecule has 3 aromatic carbocycles. The number of alkyl halides is 3. The van der Waals surface area contributed by atoms with Crippen molar-refractivity contribution in [3.8, 4) is 17.0 Å². The minimum Gasteiger partial charge on any atom is -0.493 e. The first-order chi connectivity index (χ1) is 22.4. The van der Waals surface area contributed by atoms with E-state index in [4.69, 9.17) is 9.84 Å².